The topological polar surface area (TPSA) is 12.0 Å². The van der Waals surface area contributed by atoms with E-state index in [0.717, 1.165) is 5.56 Å². The minimum Gasteiger partial charge on any atom is -0.304 e. The summed E-state index contributed by atoms with van der Waals surface area (Å²) in [5.41, 5.74) is 1.64. The van der Waals surface area contributed by atoms with Crippen molar-refractivity contribution in [3.8, 4) is 0 Å². The first-order valence-corrected chi connectivity index (χ1v) is 7.23. The molecule has 1 N–H and O–H groups in total. The molecule has 0 aliphatic carbocycles. The summed E-state index contributed by atoms with van der Waals surface area (Å²) < 4.78 is 27.6. The molecule has 2 atom stereocenters. The standard InChI is InChI=1S/C17H18ClF2N/c1-10-7-17(20)15(9-16(10)19)12(3)21-11(2)13-5-4-6-14(18)8-13/h4-9,11-12,21H,1-3H3. The quantitative estimate of drug-likeness (QED) is 0.804. The van der Waals surface area contributed by atoms with E-state index in [-0.39, 0.29) is 12.1 Å². The second kappa shape index (κ2) is 6.54. The summed E-state index contributed by atoms with van der Waals surface area (Å²) in [6.07, 6.45) is 0. The Morgan fingerprint density at radius 3 is 2.38 bits per heavy atom. The Kier molecular flexibility index (Phi) is 4.96. The van der Waals surface area contributed by atoms with Crippen molar-refractivity contribution in [2.45, 2.75) is 32.9 Å². The van der Waals surface area contributed by atoms with Gasteiger partial charge >= 0.3 is 0 Å². The van der Waals surface area contributed by atoms with Gasteiger partial charge in [-0.2, -0.15) is 0 Å². The molecular formula is C17H18ClF2N. The number of benzene rings is 2. The Labute approximate surface area is 128 Å². The van der Waals surface area contributed by atoms with Gasteiger partial charge in [-0.15, -0.1) is 0 Å². The van der Waals surface area contributed by atoms with Crippen molar-refractivity contribution >= 4 is 11.6 Å². The number of halogens is 3. The molecule has 0 amide bonds. The predicted octanol–water partition coefficient (Wildman–Crippen LogP) is 5.34. The normalized spacial score (nSPS) is 14.0. The van der Waals surface area contributed by atoms with Gasteiger partial charge in [-0.3, -0.25) is 0 Å². The predicted molar refractivity (Wildman–Crippen MR) is 82.5 cm³/mol. The largest absolute Gasteiger partial charge is 0.304 e. The van der Waals surface area contributed by atoms with Crippen LogP contribution in [0.15, 0.2) is 36.4 Å². The maximum atomic E-state index is 14.0. The monoisotopic (exact) mass is 309 g/mol. The Balaban J connectivity index is 2.18. The van der Waals surface area contributed by atoms with Crippen molar-refractivity contribution in [1.82, 2.24) is 5.32 Å². The summed E-state index contributed by atoms with van der Waals surface area (Å²) in [7, 11) is 0. The molecule has 1 nitrogen and oxygen atoms in total. The van der Waals surface area contributed by atoms with E-state index in [4.69, 9.17) is 11.6 Å². The molecule has 0 aromatic heterocycles. The molecule has 21 heavy (non-hydrogen) atoms. The molecule has 0 spiro atoms. The van der Waals surface area contributed by atoms with Gasteiger partial charge in [-0.1, -0.05) is 23.7 Å². The zero-order chi connectivity index (χ0) is 15.6. The van der Waals surface area contributed by atoms with Gasteiger partial charge in [0.25, 0.3) is 0 Å². The molecule has 0 aliphatic rings. The molecule has 2 rings (SSSR count). The van der Waals surface area contributed by atoms with E-state index in [1.165, 1.54) is 12.1 Å². The highest BCUT2D eigenvalue weighted by Crippen LogP contribution is 2.24. The molecular weight excluding hydrogens is 292 g/mol. The van der Waals surface area contributed by atoms with Crippen molar-refractivity contribution in [3.63, 3.8) is 0 Å². The van der Waals surface area contributed by atoms with Crippen molar-refractivity contribution < 1.29 is 8.78 Å². The fraction of sp³-hybridized carbons (Fsp3) is 0.294. The maximum Gasteiger partial charge on any atom is 0.128 e. The number of aryl methyl sites for hydroxylation is 1. The van der Waals surface area contributed by atoms with Gasteiger partial charge in [-0.25, -0.2) is 8.78 Å². The van der Waals surface area contributed by atoms with Crippen LogP contribution >= 0.6 is 11.6 Å². The van der Waals surface area contributed by atoms with Crippen LogP contribution in [0.25, 0.3) is 0 Å². The van der Waals surface area contributed by atoms with E-state index >= 15 is 0 Å². The zero-order valence-corrected chi connectivity index (χ0v) is 13.0. The molecule has 2 unspecified atom stereocenters. The van der Waals surface area contributed by atoms with Crippen LogP contribution in [0.2, 0.25) is 5.02 Å². The highest BCUT2D eigenvalue weighted by molar-refractivity contribution is 6.30. The third-order valence-corrected chi connectivity index (χ3v) is 3.83. The summed E-state index contributed by atoms with van der Waals surface area (Å²) in [5.74, 6) is -0.789. The number of hydrogen-bond donors (Lipinski definition) is 1. The first kappa shape index (κ1) is 15.9. The highest BCUT2D eigenvalue weighted by atomic mass is 35.5. The lowest BCUT2D eigenvalue weighted by molar-refractivity contribution is 0.469. The van der Waals surface area contributed by atoms with Crippen LogP contribution in [0.5, 0.6) is 0 Å². The molecule has 112 valence electrons. The number of rotatable bonds is 4. The molecule has 0 bridgehead atoms. The van der Waals surface area contributed by atoms with Gasteiger partial charge in [0.15, 0.2) is 0 Å². The van der Waals surface area contributed by atoms with Crippen LogP contribution in [0.3, 0.4) is 0 Å². The smallest absolute Gasteiger partial charge is 0.128 e. The summed E-state index contributed by atoms with van der Waals surface area (Å²) in [5, 5.41) is 3.92. The van der Waals surface area contributed by atoms with Gasteiger partial charge in [0.05, 0.1) is 0 Å². The number of nitrogens with one attached hydrogen (secondary N) is 1. The Morgan fingerprint density at radius 2 is 1.71 bits per heavy atom. The molecule has 0 fully saturated rings. The fourth-order valence-electron chi connectivity index (χ4n) is 2.33. The molecule has 2 aromatic carbocycles. The Morgan fingerprint density at radius 1 is 1.00 bits per heavy atom. The van der Waals surface area contributed by atoms with E-state index in [0.29, 0.717) is 16.1 Å². The van der Waals surface area contributed by atoms with Crippen molar-refractivity contribution in [2.24, 2.45) is 0 Å². The summed E-state index contributed by atoms with van der Waals surface area (Å²) in [6, 6.07) is 9.62. The maximum absolute atomic E-state index is 14.0. The lowest BCUT2D eigenvalue weighted by Crippen LogP contribution is -2.23. The molecule has 2 aromatic rings. The van der Waals surface area contributed by atoms with E-state index in [2.05, 4.69) is 5.32 Å². The first-order chi connectivity index (χ1) is 9.88. The van der Waals surface area contributed by atoms with Crippen LogP contribution in [0.1, 0.15) is 42.6 Å². The molecule has 0 heterocycles. The second-order valence-corrected chi connectivity index (χ2v) is 5.72. The van der Waals surface area contributed by atoms with Crippen molar-refractivity contribution in [2.75, 3.05) is 0 Å². The van der Waals surface area contributed by atoms with Crippen LogP contribution in [-0.2, 0) is 0 Å². The lowest BCUT2D eigenvalue weighted by atomic mass is 10.0. The van der Waals surface area contributed by atoms with Crippen LogP contribution < -0.4 is 5.32 Å². The van der Waals surface area contributed by atoms with E-state index in [9.17, 15) is 8.78 Å². The SMILES string of the molecule is Cc1cc(F)c(C(C)NC(C)c2cccc(Cl)c2)cc1F. The van der Waals surface area contributed by atoms with E-state index < -0.39 is 11.6 Å². The molecule has 0 saturated carbocycles. The van der Waals surface area contributed by atoms with E-state index in [1.54, 1.807) is 13.0 Å². The molecule has 0 radical (unpaired) electrons. The van der Waals surface area contributed by atoms with Crippen LogP contribution in [-0.4, -0.2) is 0 Å². The second-order valence-electron chi connectivity index (χ2n) is 5.29. The van der Waals surface area contributed by atoms with Crippen LogP contribution in [0, 0.1) is 18.6 Å². The van der Waals surface area contributed by atoms with Gasteiger partial charge in [0.2, 0.25) is 0 Å². The van der Waals surface area contributed by atoms with Gasteiger partial charge in [0, 0.05) is 22.7 Å². The summed E-state index contributed by atoms with van der Waals surface area (Å²) >= 11 is 5.97. The molecule has 0 aliphatic heterocycles. The minimum atomic E-state index is -0.396. The molecule has 4 heteroatoms. The van der Waals surface area contributed by atoms with Crippen LogP contribution in [0.4, 0.5) is 8.78 Å². The average Bonchev–Trinajstić information content (AvgIpc) is 2.42. The third kappa shape index (κ3) is 3.80. The minimum absolute atomic E-state index is 0.0255. The van der Waals surface area contributed by atoms with Crippen molar-refractivity contribution in [1.29, 1.82) is 0 Å². The zero-order valence-electron chi connectivity index (χ0n) is 12.3. The highest BCUT2D eigenvalue weighted by Gasteiger charge is 2.16. The van der Waals surface area contributed by atoms with Gasteiger partial charge in [0.1, 0.15) is 11.6 Å². The van der Waals surface area contributed by atoms with Gasteiger partial charge < -0.3 is 5.32 Å². The lowest BCUT2D eigenvalue weighted by Gasteiger charge is -2.21. The molecule has 0 saturated heterocycles. The van der Waals surface area contributed by atoms with Crippen molar-refractivity contribution in [3.05, 3.63) is 69.7 Å². The fourth-order valence-corrected chi connectivity index (χ4v) is 2.53. The van der Waals surface area contributed by atoms with E-state index in [1.807, 2.05) is 32.0 Å². The summed E-state index contributed by atoms with van der Waals surface area (Å²) in [6.45, 7) is 5.33. The Bertz CT molecular complexity index is 643. The first-order valence-electron chi connectivity index (χ1n) is 6.85. The third-order valence-electron chi connectivity index (χ3n) is 3.59. The summed E-state index contributed by atoms with van der Waals surface area (Å²) in [4.78, 5) is 0. The number of hydrogen-bond acceptors (Lipinski definition) is 1. The Hall–Kier alpha value is -1.45. The average molecular weight is 310 g/mol. The van der Waals surface area contributed by atoms with Gasteiger partial charge in [-0.05, 0) is 56.2 Å².